The third kappa shape index (κ3) is 3.57. The average molecular weight is 445 g/mol. The summed E-state index contributed by atoms with van der Waals surface area (Å²) in [6.07, 6.45) is 6.41. The van der Waals surface area contributed by atoms with Crippen LogP contribution in [-0.4, -0.2) is 9.97 Å². The SMILES string of the molecule is Cc1ccc2c(c1)C(C)(C)c1cc(-c3nc(-c4ccccc4)cc(C4CCCCC4)n3)ccc1-2. The maximum Gasteiger partial charge on any atom is 0.160 e. The van der Waals surface area contributed by atoms with Crippen molar-refractivity contribution in [1.29, 1.82) is 0 Å². The summed E-state index contributed by atoms with van der Waals surface area (Å²) in [6, 6.07) is 26.5. The van der Waals surface area contributed by atoms with E-state index in [4.69, 9.17) is 9.97 Å². The monoisotopic (exact) mass is 444 g/mol. The van der Waals surface area contributed by atoms with Gasteiger partial charge in [0.15, 0.2) is 5.82 Å². The first-order chi connectivity index (χ1) is 16.5. The second-order valence-electron chi connectivity index (χ2n) is 10.6. The molecule has 0 N–H and O–H groups in total. The maximum absolute atomic E-state index is 5.18. The van der Waals surface area contributed by atoms with Crippen LogP contribution in [0, 0.1) is 6.92 Å². The number of nitrogens with zero attached hydrogens (tertiary/aromatic N) is 2. The van der Waals surface area contributed by atoms with Gasteiger partial charge in [-0.15, -0.1) is 0 Å². The van der Waals surface area contributed by atoms with Crippen LogP contribution in [0.25, 0.3) is 33.8 Å². The minimum atomic E-state index is -0.0318. The molecule has 0 spiro atoms. The van der Waals surface area contributed by atoms with Gasteiger partial charge >= 0.3 is 0 Å². The quantitative estimate of drug-likeness (QED) is 0.317. The summed E-state index contributed by atoms with van der Waals surface area (Å²) in [5, 5.41) is 0. The van der Waals surface area contributed by atoms with E-state index in [1.54, 1.807) is 0 Å². The highest BCUT2D eigenvalue weighted by atomic mass is 14.9. The highest BCUT2D eigenvalue weighted by Crippen LogP contribution is 2.49. The molecule has 1 heterocycles. The Hall–Kier alpha value is -3.26. The summed E-state index contributed by atoms with van der Waals surface area (Å²) >= 11 is 0. The summed E-state index contributed by atoms with van der Waals surface area (Å²) in [7, 11) is 0. The number of hydrogen-bond acceptors (Lipinski definition) is 2. The lowest BCUT2D eigenvalue weighted by Gasteiger charge is -2.23. The van der Waals surface area contributed by atoms with Crippen LogP contribution < -0.4 is 0 Å². The van der Waals surface area contributed by atoms with Gasteiger partial charge in [-0.3, -0.25) is 0 Å². The number of rotatable bonds is 3. The van der Waals surface area contributed by atoms with Crippen LogP contribution in [0.1, 0.15) is 74.3 Å². The van der Waals surface area contributed by atoms with Crippen molar-refractivity contribution in [3.63, 3.8) is 0 Å². The van der Waals surface area contributed by atoms with Crippen molar-refractivity contribution in [2.75, 3.05) is 0 Å². The van der Waals surface area contributed by atoms with E-state index in [9.17, 15) is 0 Å². The lowest BCUT2D eigenvalue weighted by atomic mass is 9.81. The van der Waals surface area contributed by atoms with Crippen LogP contribution in [-0.2, 0) is 5.41 Å². The molecule has 0 radical (unpaired) electrons. The van der Waals surface area contributed by atoms with E-state index in [0.717, 1.165) is 22.6 Å². The molecule has 0 atom stereocenters. The van der Waals surface area contributed by atoms with Gasteiger partial charge in [0.2, 0.25) is 0 Å². The Balaban J connectivity index is 1.49. The summed E-state index contributed by atoms with van der Waals surface area (Å²) < 4.78 is 0. The summed E-state index contributed by atoms with van der Waals surface area (Å²) in [5.74, 6) is 1.39. The Bertz CT molecular complexity index is 1360. The van der Waals surface area contributed by atoms with Gasteiger partial charge in [0.1, 0.15) is 0 Å². The van der Waals surface area contributed by atoms with Crippen molar-refractivity contribution in [2.24, 2.45) is 0 Å². The molecule has 0 unspecified atom stereocenters. The van der Waals surface area contributed by atoms with Crippen molar-refractivity contribution in [1.82, 2.24) is 9.97 Å². The zero-order valence-corrected chi connectivity index (χ0v) is 20.4. The highest BCUT2D eigenvalue weighted by molar-refractivity contribution is 5.83. The topological polar surface area (TPSA) is 25.8 Å². The summed E-state index contributed by atoms with van der Waals surface area (Å²) in [5.41, 5.74) is 11.3. The van der Waals surface area contributed by atoms with E-state index in [-0.39, 0.29) is 5.41 Å². The van der Waals surface area contributed by atoms with Gasteiger partial charge in [0, 0.05) is 28.2 Å². The van der Waals surface area contributed by atoms with Crippen molar-refractivity contribution in [2.45, 2.75) is 64.2 Å². The van der Waals surface area contributed by atoms with Crippen molar-refractivity contribution < 1.29 is 0 Å². The van der Waals surface area contributed by atoms with Crippen LogP contribution in [0.4, 0.5) is 0 Å². The Kier molecular flexibility index (Phi) is 5.13. The normalized spacial score (nSPS) is 16.8. The predicted molar refractivity (Wildman–Crippen MR) is 141 cm³/mol. The standard InChI is InChI=1S/C32H32N2/c1-21-14-16-25-26-17-15-24(19-28(26)32(2,3)27(25)18-21)31-33-29(22-10-6-4-7-11-22)20-30(34-31)23-12-8-5-9-13-23/h4,6-7,10-11,14-20,23H,5,8-9,12-13H2,1-3H3. The number of aromatic nitrogens is 2. The fourth-order valence-corrected chi connectivity index (χ4v) is 5.95. The lowest BCUT2D eigenvalue weighted by Crippen LogP contribution is -2.15. The molecular weight excluding hydrogens is 412 g/mol. The molecule has 0 bridgehead atoms. The Morgan fingerprint density at radius 3 is 2.18 bits per heavy atom. The van der Waals surface area contributed by atoms with Gasteiger partial charge in [-0.05, 0) is 54.2 Å². The Labute approximate surface area is 203 Å². The van der Waals surface area contributed by atoms with Gasteiger partial charge < -0.3 is 0 Å². The fourth-order valence-electron chi connectivity index (χ4n) is 5.95. The second kappa shape index (κ2) is 8.20. The van der Waals surface area contributed by atoms with Crippen LogP contribution >= 0.6 is 0 Å². The fraction of sp³-hybridized carbons (Fsp3) is 0.312. The molecule has 3 aromatic carbocycles. The highest BCUT2D eigenvalue weighted by Gasteiger charge is 2.35. The van der Waals surface area contributed by atoms with Gasteiger partial charge in [-0.1, -0.05) is 99.3 Å². The Morgan fingerprint density at radius 2 is 1.41 bits per heavy atom. The predicted octanol–water partition coefficient (Wildman–Crippen LogP) is 8.47. The zero-order chi connectivity index (χ0) is 23.3. The largest absolute Gasteiger partial charge is 0.233 e. The van der Waals surface area contributed by atoms with E-state index in [0.29, 0.717) is 5.92 Å². The first kappa shape index (κ1) is 21.3. The number of hydrogen-bond donors (Lipinski definition) is 0. The first-order valence-electron chi connectivity index (χ1n) is 12.7. The molecule has 2 aliphatic carbocycles. The molecule has 0 saturated heterocycles. The van der Waals surface area contributed by atoms with E-state index >= 15 is 0 Å². The molecule has 0 amide bonds. The molecule has 34 heavy (non-hydrogen) atoms. The average Bonchev–Trinajstić information content (AvgIpc) is 3.10. The molecule has 1 saturated carbocycles. The molecule has 1 fully saturated rings. The van der Waals surface area contributed by atoms with Crippen LogP contribution in [0.15, 0.2) is 72.8 Å². The van der Waals surface area contributed by atoms with E-state index in [1.165, 1.54) is 65.6 Å². The third-order valence-corrected chi connectivity index (χ3v) is 7.93. The van der Waals surface area contributed by atoms with Crippen LogP contribution in [0.3, 0.4) is 0 Å². The van der Waals surface area contributed by atoms with E-state index in [2.05, 4.69) is 93.6 Å². The maximum atomic E-state index is 5.18. The second-order valence-corrected chi connectivity index (χ2v) is 10.6. The lowest BCUT2D eigenvalue weighted by molar-refractivity contribution is 0.436. The molecular formula is C32H32N2. The summed E-state index contributed by atoms with van der Waals surface area (Å²) in [6.45, 7) is 6.87. The van der Waals surface area contributed by atoms with Crippen LogP contribution in [0.2, 0.25) is 0 Å². The number of benzene rings is 3. The van der Waals surface area contributed by atoms with Crippen molar-refractivity contribution in [3.8, 4) is 33.8 Å². The molecule has 2 aliphatic rings. The van der Waals surface area contributed by atoms with E-state index < -0.39 is 0 Å². The van der Waals surface area contributed by atoms with Crippen molar-refractivity contribution >= 4 is 0 Å². The van der Waals surface area contributed by atoms with E-state index in [1.807, 2.05) is 0 Å². The molecule has 0 aliphatic heterocycles. The molecule has 2 heteroatoms. The first-order valence-corrected chi connectivity index (χ1v) is 12.7. The van der Waals surface area contributed by atoms with Gasteiger partial charge in [-0.2, -0.15) is 0 Å². The number of aryl methyl sites for hydroxylation is 1. The minimum Gasteiger partial charge on any atom is -0.233 e. The Morgan fingerprint density at radius 1 is 0.706 bits per heavy atom. The molecule has 170 valence electrons. The third-order valence-electron chi connectivity index (χ3n) is 7.93. The molecule has 1 aromatic heterocycles. The molecule has 2 nitrogen and oxygen atoms in total. The zero-order valence-electron chi connectivity index (χ0n) is 20.4. The number of fused-ring (bicyclic) bond motifs is 3. The van der Waals surface area contributed by atoms with Gasteiger partial charge in [0.25, 0.3) is 0 Å². The minimum absolute atomic E-state index is 0.0318. The van der Waals surface area contributed by atoms with Gasteiger partial charge in [0.05, 0.1) is 5.69 Å². The summed E-state index contributed by atoms with van der Waals surface area (Å²) in [4.78, 5) is 10.3. The smallest absolute Gasteiger partial charge is 0.160 e. The molecule has 4 aromatic rings. The van der Waals surface area contributed by atoms with Crippen LogP contribution in [0.5, 0.6) is 0 Å². The van der Waals surface area contributed by atoms with Crippen molar-refractivity contribution in [3.05, 3.63) is 95.2 Å². The van der Waals surface area contributed by atoms with Gasteiger partial charge in [-0.25, -0.2) is 9.97 Å². The molecule has 6 rings (SSSR count).